The van der Waals surface area contributed by atoms with Gasteiger partial charge in [-0.05, 0) is 36.8 Å². The first-order chi connectivity index (χ1) is 9.69. The molecule has 20 heavy (non-hydrogen) atoms. The molecular formula is C15H15N3O2. The van der Waals surface area contributed by atoms with Crippen LogP contribution in [0.2, 0.25) is 0 Å². The van der Waals surface area contributed by atoms with Crippen molar-refractivity contribution in [3.63, 3.8) is 0 Å². The number of rotatable bonds is 3. The highest BCUT2D eigenvalue weighted by molar-refractivity contribution is 5.63. The molecule has 0 atom stereocenters. The van der Waals surface area contributed by atoms with Gasteiger partial charge in [0.05, 0.1) is 14.2 Å². The van der Waals surface area contributed by atoms with Gasteiger partial charge < -0.3 is 9.47 Å². The van der Waals surface area contributed by atoms with Crippen LogP contribution >= 0.6 is 0 Å². The van der Waals surface area contributed by atoms with Crippen LogP contribution in [0.25, 0.3) is 17.0 Å². The molecule has 5 nitrogen and oxygen atoms in total. The third kappa shape index (κ3) is 2.18. The second kappa shape index (κ2) is 4.85. The second-order valence-corrected chi connectivity index (χ2v) is 4.54. The van der Waals surface area contributed by atoms with Crippen LogP contribution in [0.4, 0.5) is 0 Å². The summed E-state index contributed by atoms with van der Waals surface area (Å²) in [6.07, 6.45) is 1.90. The molecule has 0 saturated carbocycles. The van der Waals surface area contributed by atoms with E-state index in [-0.39, 0.29) is 0 Å². The average molecular weight is 269 g/mol. The van der Waals surface area contributed by atoms with Crippen molar-refractivity contribution in [3.05, 3.63) is 42.1 Å². The summed E-state index contributed by atoms with van der Waals surface area (Å²) in [5.41, 5.74) is 2.84. The molecule has 0 bridgehead atoms. The van der Waals surface area contributed by atoms with Gasteiger partial charge in [-0.3, -0.25) is 0 Å². The smallest absolute Gasteiger partial charge is 0.182 e. The van der Waals surface area contributed by atoms with Crippen LogP contribution in [0.15, 0.2) is 36.5 Å². The van der Waals surface area contributed by atoms with Crippen molar-refractivity contribution in [2.24, 2.45) is 0 Å². The number of hydrogen-bond donors (Lipinski definition) is 0. The Morgan fingerprint density at radius 1 is 1.00 bits per heavy atom. The van der Waals surface area contributed by atoms with Gasteiger partial charge in [-0.1, -0.05) is 0 Å². The fourth-order valence-corrected chi connectivity index (χ4v) is 2.04. The van der Waals surface area contributed by atoms with Crippen molar-refractivity contribution in [2.45, 2.75) is 6.92 Å². The molecule has 2 aromatic heterocycles. The molecule has 0 aliphatic rings. The number of pyridine rings is 1. The lowest BCUT2D eigenvalue weighted by Crippen LogP contribution is -1.90. The van der Waals surface area contributed by atoms with Crippen LogP contribution in [0, 0.1) is 6.92 Å². The maximum atomic E-state index is 5.27. The third-order valence-corrected chi connectivity index (χ3v) is 3.10. The van der Waals surface area contributed by atoms with E-state index < -0.39 is 0 Å². The lowest BCUT2D eigenvalue weighted by atomic mass is 10.2. The summed E-state index contributed by atoms with van der Waals surface area (Å²) >= 11 is 0. The molecule has 0 fully saturated rings. The Labute approximate surface area is 116 Å². The molecular weight excluding hydrogens is 254 g/mol. The Kier molecular flexibility index (Phi) is 3.02. The maximum absolute atomic E-state index is 5.27. The monoisotopic (exact) mass is 269 g/mol. The molecule has 5 heteroatoms. The van der Waals surface area contributed by atoms with Gasteiger partial charge in [0.1, 0.15) is 11.5 Å². The fourth-order valence-electron chi connectivity index (χ4n) is 2.04. The van der Waals surface area contributed by atoms with E-state index in [1.54, 1.807) is 18.7 Å². The Balaban J connectivity index is 2.14. The minimum Gasteiger partial charge on any atom is -0.497 e. The molecule has 0 unspecified atom stereocenters. The second-order valence-electron chi connectivity index (χ2n) is 4.54. The van der Waals surface area contributed by atoms with E-state index in [0.29, 0.717) is 5.82 Å². The molecule has 2 heterocycles. The molecule has 102 valence electrons. The number of fused-ring (bicyclic) bond motifs is 1. The number of benzene rings is 1. The fraction of sp³-hybridized carbons (Fsp3) is 0.200. The van der Waals surface area contributed by atoms with Crippen LogP contribution in [0.5, 0.6) is 11.5 Å². The summed E-state index contributed by atoms with van der Waals surface area (Å²) in [7, 11) is 3.25. The van der Waals surface area contributed by atoms with Gasteiger partial charge in [-0.2, -0.15) is 0 Å². The van der Waals surface area contributed by atoms with Gasteiger partial charge in [-0.15, -0.1) is 5.10 Å². The lowest BCUT2D eigenvalue weighted by molar-refractivity contribution is 0.394. The Bertz CT molecular complexity index is 743. The van der Waals surface area contributed by atoms with Crippen molar-refractivity contribution in [1.82, 2.24) is 14.6 Å². The summed E-state index contributed by atoms with van der Waals surface area (Å²) in [4.78, 5) is 4.54. The first kappa shape index (κ1) is 12.5. The van der Waals surface area contributed by atoms with Crippen LogP contribution in [0.1, 0.15) is 5.56 Å². The number of aromatic nitrogens is 3. The van der Waals surface area contributed by atoms with Gasteiger partial charge in [0.25, 0.3) is 0 Å². The quantitative estimate of drug-likeness (QED) is 0.733. The Morgan fingerprint density at radius 2 is 1.70 bits per heavy atom. The molecule has 1 aromatic carbocycles. The summed E-state index contributed by atoms with van der Waals surface area (Å²) in [6, 6.07) is 9.60. The molecule has 3 aromatic rings. The number of nitrogens with zero attached hydrogens (tertiary/aromatic N) is 3. The molecule has 0 aliphatic carbocycles. The summed E-state index contributed by atoms with van der Waals surface area (Å²) in [5.74, 6) is 2.08. The van der Waals surface area contributed by atoms with Crippen LogP contribution < -0.4 is 9.47 Å². The molecule has 0 N–H and O–H groups in total. The van der Waals surface area contributed by atoms with Crippen LogP contribution in [0.3, 0.4) is 0 Å². The van der Waals surface area contributed by atoms with Crippen molar-refractivity contribution in [3.8, 4) is 22.9 Å². The average Bonchev–Trinajstić information content (AvgIpc) is 2.89. The van der Waals surface area contributed by atoms with E-state index in [1.165, 1.54) is 0 Å². The van der Waals surface area contributed by atoms with E-state index >= 15 is 0 Å². The number of methoxy groups -OCH3 is 2. The van der Waals surface area contributed by atoms with Gasteiger partial charge in [-0.25, -0.2) is 9.50 Å². The van der Waals surface area contributed by atoms with Crippen LogP contribution in [-0.4, -0.2) is 28.8 Å². The van der Waals surface area contributed by atoms with E-state index in [2.05, 4.69) is 10.1 Å². The summed E-state index contributed by atoms with van der Waals surface area (Å²) in [6.45, 7) is 2.03. The molecule has 3 rings (SSSR count). The van der Waals surface area contributed by atoms with Gasteiger partial charge in [0.15, 0.2) is 11.5 Å². The maximum Gasteiger partial charge on any atom is 0.182 e. The molecule has 0 aliphatic heterocycles. The predicted octanol–water partition coefficient (Wildman–Crippen LogP) is 2.72. The van der Waals surface area contributed by atoms with E-state index in [1.807, 2.05) is 43.5 Å². The lowest BCUT2D eigenvalue weighted by Gasteiger charge is -2.05. The zero-order chi connectivity index (χ0) is 14.1. The number of ether oxygens (including phenoxy) is 2. The Hall–Kier alpha value is -2.56. The summed E-state index contributed by atoms with van der Waals surface area (Å²) in [5, 5.41) is 4.47. The number of hydrogen-bond acceptors (Lipinski definition) is 4. The number of aryl methyl sites for hydroxylation is 1. The Morgan fingerprint density at radius 3 is 2.35 bits per heavy atom. The predicted molar refractivity (Wildman–Crippen MR) is 76.3 cm³/mol. The van der Waals surface area contributed by atoms with Crippen molar-refractivity contribution >= 4 is 5.65 Å². The minimum absolute atomic E-state index is 0.646. The van der Waals surface area contributed by atoms with E-state index in [0.717, 1.165) is 28.3 Å². The third-order valence-electron chi connectivity index (χ3n) is 3.10. The van der Waals surface area contributed by atoms with Gasteiger partial charge in [0, 0.05) is 17.8 Å². The molecule has 0 amide bonds. The molecule has 0 spiro atoms. The normalized spacial score (nSPS) is 10.8. The standard InChI is InChI=1S/C15H15N3O2/c1-10-4-5-18-14(6-10)16-15(17-18)11-7-12(19-2)9-13(8-11)20-3/h4-9H,1-3H3. The highest BCUT2D eigenvalue weighted by Crippen LogP contribution is 2.28. The highest BCUT2D eigenvalue weighted by Gasteiger charge is 2.10. The largest absolute Gasteiger partial charge is 0.497 e. The van der Waals surface area contributed by atoms with Crippen molar-refractivity contribution in [2.75, 3.05) is 14.2 Å². The zero-order valence-electron chi connectivity index (χ0n) is 11.6. The van der Waals surface area contributed by atoms with Crippen molar-refractivity contribution < 1.29 is 9.47 Å². The first-order valence-electron chi connectivity index (χ1n) is 6.26. The zero-order valence-corrected chi connectivity index (χ0v) is 11.6. The van der Waals surface area contributed by atoms with Gasteiger partial charge >= 0.3 is 0 Å². The first-order valence-corrected chi connectivity index (χ1v) is 6.26. The summed E-state index contributed by atoms with van der Waals surface area (Å²) < 4.78 is 12.3. The molecule has 0 radical (unpaired) electrons. The topological polar surface area (TPSA) is 48.7 Å². The van der Waals surface area contributed by atoms with Gasteiger partial charge in [0.2, 0.25) is 0 Å². The SMILES string of the molecule is COc1cc(OC)cc(-c2nc3cc(C)ccn3n2)c1. The highest BCUT2D eigenvalue weighted by atomic mass is 16.5. The molecule has 0 saturated heterocycles. The van der Waals surface area contributed by atoms with Crippen molar-refractivity contribution in [1.29, 1.82) is 0 Å². The van der Waals surface area contributed by atoms with E-state index in [4.69, 9.17) is 9.47 Å². The van der Waals surface area contributed by atoms with E-state index in [9.17, 15) is 0 Å². The minimum atomic E-state index is 0.646. The van der Waals surface area contributed by atoms with Crippen LogP contribution in [-0.2, 0) is 0 Å².